The van der Waals surface area contributed by atoms with Gasteiger partial charge in [0.15, 0.2) is 0 Å². The lowest BCUT2D eigenvalue weighted by Gasteiger charge is -2.04. The van der Waals surface area contributed by atoms with E-state index in [9.17, 15) is 4.79 Å². The van der Waals surface area contributed by atoms with E-state index in [2.05, 4.69) is 15.5 Å². The van der Waals surface area contributed by atoms with E-state index in [0.717, 1.165) is 10.9 Å². The van der Waals surface area contributed by atoms with Crippen molar-refractivity contribution in [2.45, 2.75) is 0 Å². The van der Waals surface area contributed by atoms with Crippen LogP contribution in [0.25, 0.3) is 10.9 Å². The summed E-state index contributed by atoms with van der Waals surface area (Å²) in [7, 11) is 1.55. The van der Waals surface area contributed by atoms with Gasteiger partial charge in [-0.15, -0.1) is 0 Å². The summed E-state index contributed by atoms with van der Waals surface area (Å²) < 4.78 is 5.09. The van der Waals surface area contributed by atoms with Gasteiger partial charge in [0.25, 0.3) is 5.91 Å². The number of carbonyl (C=O) groups excluding carboxylic acids is 1. The number of carbonyl (C=O) groups is 1. The van der Waals surface area contributed by atoms with E-state index >= 15 is 0 Å². The highest BCUT2D eigenvalue weighted by Crippen LogP contribution is 2.19. The molecule has 0 aliphatic heterocycles. The Hall–Kier alpha value is -2.92. The van der Waals surface area contributed by atoms with Crippen LogP contribution in [-0.4, -0.2) is 24.2 Å². The first-order valence-electron chi connectivity index (χ1n) is 7.20. The SMILES string of the molecule is COc1cccc(C(=O)NN=Cc2cc3ccccc3nc2Cl)c1. The van der Waals surface area contributed by atoms with Gasteiger partial charge in [0.05, 0.1) is 18.8 Å². The molecule has 0 saturated carbocycles. The lowest BCUT2D eigenvalue weighted by Crippen LogP contribution is -2.17. The molecule has 3 aromatic rings. The van der Waals surface area contributed by atoms with Crippen molar-refractivity contribution in [2.24, 2.45) is 5.10 Å². The second-order valence-corrected chi connectivity index (χ2v) is 5.35. The van der Waals surface area contributed by atoms with Crippen molar-refractivity contribution in [2.75, 3.05) is 7.11 Å². The molecule has 0 saturated heterocycles. The van der Waals surface area contributed by atoms with Gasteiger partial charge in [-0.25, -0.2) is 10.4 Å². The van der Waals surface area contributed by atoms with Gasteiger partial charge >= 0.3 is 0 Å². The minimum absolute atomic E-state index is 0.327. The molecule has 1 heterocycles. The third kappa shape index (κ3) is 3.52. The van der Waals surface area contributed by atoms with Crippen LogP contribution in [0, 0.1) is 0 Å². The third-order valence-corrected chi connectivity index (χ3v) is 3.71. The zero-order valence-electron chi connectivity index (χ0n) is 12.9. The predicted octanol–water partition coefficient (Wildman–Crippen LogP) is 3.66. The summed E-state index contributed by atoms with van der Waals surface area (Å²) in [6, 6.07) is 16.3. The molecular weight excluding hydrogens is 326 g/mol. The van der Waals surface area contributed by atoms with E-state index in [1.807, 2.05) is 30.3 Å². The number of methoxy groups -OCH3 is 1. The second kappa shape index (κ2) is 7.10. The van der Waals surface area contributed by atoms with Crippen LogP contribution >= 0.6 is 11.6 Å². The van der Waals surface area contributed by atoms with Crippen LogP contribution in [0.15, 0.2) is 59.7 Å². The molecule has 0 radical (unpaired) electrons. The number of hydrazone groups is 1. The number of rotatable bonds is 4. The van der Waals surface area contributed by atoms with Crippen LogP contribution < -0.4 is 10.2 Å². The Kier molecular flexibility index (Phi) is 4.72. The molecule has 1 amide bonds. The molecule has 0 spiro atoms. The lowest BCUT2D eigenvalue weighted by molar-refractivity contribution is 0.0955. The number of aromatic nitrogens is 1. The maximum absolute atomic E-state index is 12.1. The number of benzene rings is 2. The Morgan fingerprint density at radius 2 is 2.04 bits per heavy atom. The number of halogens is 1. The van der Waals surface area contributed by atoms with Crippen LogP contribution in [0.3, 0.4) is 0 Å². The number of amides is 1. The zero-order chi connectivity index (χ0) is 16.9. The number of ether oxygens (including phenoxy) is 1. The zero-order valence-corrected chi connectivity index (χ0v) is 13.6. The molecule has 0 fully saturated rings. The van der Waals surface area contributed by atoms with Gasteiger partial charge in [0.1, 0.15) is 10.9 Å². The Morgan fingerprint density at radius 3 is 2.88 bits per heavy atom. The van der Waals surface area contributed by atoms with E-state index in [4.69, 9.17) is 16.3 Å². The van der Waals surface area contributed by atoms with E-state index < -0.39 is 0 Å². The molecule has 2 aromatic carbocycles. The summed E-state index contributed by atoms with van der Waals surface area (Å²) >= 11 is 6.14. The van der Waals surface area contributed by atoms with Crippen molar-refractivity contribution >= 4 is 34.6 Å². The molecule has 24 heavy (non-hydrogen) atoms. The van der Waals surface area contributed by atoms with Crippen LogP contribution in [0.2, 0.25) is 5.15 Å². The van der Waals surface area contributed by atoms with Gasteiger partial charge in [-0.05, 0) is 30.3 Å². The summed E-state index contributed by atoms with van der Waals surface area (Å²) in [5.74, 6) is 0.267. The number of para-hydroxylation sites is 1. The smallest absolute Gasteiger partial charge is 0.271 e. The van der Waals surface area contributed by atoms with Crippen LogP contribution in [0.4, 0.5) is 0 Å². The molecule has 0 atom stereocenters. The number of hydrogen-bond acceptors (Lipinski definition) is 4. The van der Waals surface area contributed by atoms with Crippen molar-refractivity contribution in [1.29, 1.82) is 0 Å². The third-order valence-electron chi connectivity index (χ3n) is 3.41. The number of nitrogens with zero attached hydrogens (tertiary/aromatic N) is 2. The monoisotopic (exact) mass is 339 g/mol. The second-order valence-electron chi connectivity index (χ2n) is 4.99. The molecule has 0 bridgehead atoms. The van der Waals surface area contributed by atoms with Gasteiger partial charge < -0.3 is 4.74 Å². The average molecular weight is 340 g/mol. The van der Waals surface area contributed by atoms with E-state index in [1.165, 1.54) is 6.21 Å². The quantitative estimate of drug-likeness (QED) is 0.448. The van der Waals surface area contributed by atoms with Gasteiger partial charge in [-0.3, -0.25) is 4.79 Å². The normalized spacial score (nSPS) is 10.9. The maximum atomic E-state index is 12.1. The highest BCUT2D eigenvalue weighted by molar-refractivity contribution is 6.32. The van der Waals surface area contributed by atoms with E-state index in [1.54, 1.807) is 31.4 Å². The number of fused-ring (bicyclic) bond motifs is 1. The first kappa shape index (κ1) is 16.0. The number of hydrogen-bond donors (Lipinski definition) is 1. The minimum atomic E-state index is -0.338. The molecule has 1 N–H and O–H groups in total. The fourth-order valence-corrected chi connectivity index (χ4v) is 2.38. The number of nitrogens with one attached hydrogen (secondary N) is 1. The van der Waals surface area contributed by atoms with Gasteiger partial charge in [-0.2, -0.15) is 5.10 Å². The fourth-order valence-electron chi connectivity index (χ4n) is 2.19. The van der Waals surface area contributed by atoms with Crippen molar-refractivity contribution in [3.8, 4) is 5.75 Å². The summed E-state index contributed by atoms with van der Waals surface area (Å²) in [5, 5.41) is 5.22. The maximum Gasteiger partial charge on any atom is 0.271 e. The van der Waals surface area contributed by atoms with E-state index in [-0.39, 0.29) is 5.91 Å². The topological polar surface area (TPSA) is 63.6 Å². The molecule has 5 nitrogen and oxygen atoms in total. The van der Waals surface area contributed by atoms with Crippen molar-refractivity contribution in [3.63, 3.8) is 0 Å². The van der Waals surface area contributed by atoms with Gasteiger partial charge in [0, 0.05) is 16.5 Å². The largest absolute Gasteiger partial charge is 0.497 e. The van der Waals surface area contributed by atoms with Gasteiger partial charge in [0.2, 0.25) is 0 Å². The standard InChI is InChI=1S/C18H14ClN3O2/c1-24-15-7-4-6-13(10-15)18(23)22-20-11-14-9-12-5-2-3-8-16(12)21-17(14)19/h2-11H,1H3,(H,22,23). The molecule has 3 rings (SSSR count). The summed E-state index contributed by atoms with van der Waals surface area (Å²) in [6.45, 7) is 0. The lowest BCUT2D eigenvalue weighted by atomic mass is 10.2. The van der Waals surface area contributed by atoms with E-state index in [0.29, 0.717) is 22.0 Å². The molecule has 6 heteroatoms. The Balaban J connectivity index is 1.76. The Labute approximate surface area is 143 Å². The van der Waals surface area contributed by atoms with Crippen molar-refractivity contribution in [3.05, 3.63) is 70.9 Å². The summed E-state index contributed by atoms with van der Waals surface area (Å²) in [4.78, 5) is 16.4. The molecule has 0 aliphatic rings. The van der Waals surface area contributed by atoms with Crippen LogP contribution in [0.5, 0.6) is 5.75 Å². The summed E-state index contributed by atoms with van der Waals surface area (Å²) in [5.41, 5.74) is 4.35. The van der Waals surface area contributed by atoms with Gasteiger partial charge in [-0.1, -0.05) is 35.9 Å². The fraction of sp³-hybridized carbons (Fsp3) is 0.0556. The molecule has 0 unspecified atom stereocenters. The highest BCUT2D eigenvalue weighted by atomic mass is 35.5. The van der Waals surface area contributed by atoms with Crippen molar-refractivity contribution < 1.29 is 9.53 Å². The molecule has 0 aliphatic carbocycles. The highest BCUT2D eigenvalue weighted by Gasteiger charge is 2.06. The first-order valence-corrected chi connectivity index (χ1v) is 7.58. The first-order chi connectivity index (χ1) is 11.7. The molecule has 1 aromatic heterocycles. The average Bonchev–Trinajstić information content (AvgIpc) is 2.62. The molecular formula is C18H14ClN3O2. The Morgan fingerprint density at radius 1 is 1.21 bits per heavy atom. The van der Waals surface area contributed by atoms with Crippen LogP contribution in [-0.2, 0) is 0 Å². The summed E-state index contributed by atoms with van der Waals surface area (Å²) in [6.07, 6.45) is 1.47. The minimum Gasteiger partial charge on any atom is -0.497 e. The van der Waals surface area contributed by atoms with Crippen LogP contribution in [0.1, 0.15) is 15.9 Å². The predicted molar refractivity (Wildman–Crippen MR) is 94.8 cm³/mol. The number of pyridine rings is 1. The van der Waals surface area contributed by atoms with Crippen molar-refractivity contribution in [1.82, 2.24) is 10.4 Å². The Bertz CT molecular complexity index is 925. The molecule has 120 valence electrons.